The van der Waals surface area contributed by atoms with Crippen molar-refractivity contribution in [1.82, 2.24) is 0 Å². The van der Waals surface area contributed by atoms with E-state index in [4.69, 9.17) is 11.6 Å². The van der Waals surface area contributed by atoms with Crippen LogP contribution in [0, 0.1) is 5.82 Å². The maximum atomic E-state index is 13.6. The lowest BCUT2D eigenvalue weighted by Gasteiger charge is -2.12. The van der Waals surface area contributed by atoms with Crippen molar-refractivity contribution >= 4 is 23.2 Å². The molecule has 1 N–H and O–H groups in total. The molecule has 2 aromatic rings. The molecule has 1 atom stereocenters. The van der Waals surface area contributed by atoms with Gasteiger partial charge in [0, 0.05) is 11.4 Å². The summed E-state index contributed by atoms with van der Waals surface area (Å²) in [5, 5.41) is 2.87. The molecule has 4 heteroatoms. The number of benzene rings is 2. The summed E-state index contributed by atoms with van der Waals surface area (Å²) in [6.07, 6.45) is 0.298. The summed E-state index contributed by atoms with van der Waals surface area (Å²) in [7, 11) is 0. The quantitative estimate of drug-likeness (QED) is 0.875. The Labute approximate surface area is 122 Å². The molecule has 0 aliphatic heterocycles. The van der Waals surface area contributed by atoms with Gasteiger partial charge in [-0.25, -0.2) is 4.39 Å². The molecular formula is C16H15ClFNO. The zero-order valence-corrected chi connectivity index (χ0v) is 11.8. The van der Waals surface area contributed by atoms with E-state index < -0.39 is 5.82 Å². The highest BCUT2D eigenvalue weighted by molar-refractivity contribution is 6.30. The van der Waals surface area contributed by atoms with Crippen molar-refractivity contribution in [1.29, 1.82) is 0 Å². The first-order valence-electron chi connectivity index (χ1n) is 6.36. The van der Waals surface area contributed by atoms with Crippen LogP contribution >= 0.6 is 11.6 Å². The summed E-state index contributed by atoms with van der Waals surface area (Å²) in [4.78, 5) is 11.9. The zero-order chi connectivity index (χ0) is 14.5. The molecule has 0 spiro atoms. The smallest absolute Gasteiger partial charge is 0.225 e. The van der Waals surface area contributed by atoms with Gasteiger partial charge in [0.2, 0.25) is 5.91 Å². The summed E-state index contributed by atoms with van der Waals surface area (Å²) >= 11 is 5.67. The third-order valence-electron chi connectivity index (χ3n) is 3.07. The van der Waals surface area contributed by atoms with Crippen molar-refractivity contribution in [2.24, 2.45) is 0 Å². The largest absolute Gasteiger partial charge is 0.324 e. The predicted octanol–water partition coefficient (Wildman–Crippen LogP) is 4.61. The predicted molar refractivity (Wildman–Crippen MR) is 79.5 cm³/mol. The standard InChI is InChI=1S/C16H15ClFNO/c1-11(12-5-3-2-4-6-12)9-16(20)19-15-8-7-13(17)10-14(15)18/h2-8,10-11H,9H2,1H3,(H,19,20). The Kier molecular flexibility index (Phi) is 4.74. The Hall–Kier alpha value is -1.87. The van der Waals surface area contributed by atoms with Crippen molar-refractivity contribution in [2.45, 2.75) is 19.3 Å². The lowest BCUT2D eigenvalue weighted by atomic mass is 9.97. The molecule has 2 aromatic carbocycles. The van der Waals surface area contributed by atoms with Gasteiger partial charge in [-0.15, -0.1) is 0 Å². The van der Waals surface area contributed by atoms with E-state index in [1.54, 1.807) is 6.07 Å². The fraction of sp³-hybridized carbons (Fsp3) is 0.188. The van der Waals surface area contributed by atoms with Gasteiger partial charge in [-0.3, -0.25) is 4.79 Å². The Morgan fingerprint density at radius 2 is 1.95 bits per heavy atom. The second-order valence-corrected chi connectivity index (χ2v) is 5.12. The normalized spacial score (nSPS) is 11.9. The average Bonchev–Trinajstić information content (AvgIpc) is 2.43. The van der Waals surface area contributed by atoms with Gasteiger partial charge in [0.25, 0.3) is 0 Å². The van der Waals surface area contributed by atoms with Crippen molar-refractivity contribution in [3.05, 3.63) is 64.9 Å². The molecular weight excluding hydrogens is 277 g/mol. The Bertz CT molecular complexity index is 601. The Balaban J connectivity index is 1.99. The van der Waals surface area contributed by atoms with Crippen LogP contribution < -0.4 is 5.32 Å². The number of carbonyl (C=O) groups excluding carboxylic acids is 1. The van der Waals surface area contributed by atoms with E-state index in [1.165, 1.54) is 12.1 Å². The second kappa shape index (κ2) is 6.53. The highest BCUT2D eigenvalue weighted by Crippen LogP contribution is 2.22. The van der Waals surface area contributed by atoms with E-state index >= 15 is 0 Å². The van der Waals surface area contributed by atoms with E-state index in [9.17, 15) is 9.18 Å². The van der Waals surface area contributed by atoms with E-state index in [2.05, 4.69) is 5.32 Å². The molecule has 0 saturated heterocycles. The molecule has 0 radical (unpaired) electrons. The number of rotatable bonds is 4. The van der Waals surface area contributed by atoms with Gasteiger partial charge in [0.1, 0.15) is 5.82 Å². The number of amides is 1. The SMILES string of the molecule is CC(CC(=O)Nc1ccc(Cl)cc1F)c1ccccc1. The molecule has 0 aromatic heterocycles. The average molecular weight is 292 g/mol. The van der Waals surface area contributed by atoms with Crippen molar-refractivity contribution in [2.75, 3.05) is 5.32 Å². The third-order valence-corrected chi connectivity index (χ3v) is 3.30. The van der Waals surface area contributed by atoms with Gasteiger partial charge in [-0.2, -0.15) is 0 Å². The summed E-state index contributed by atoms with van der Waals surface area (Å²) in [6, 6.07) is 13.9. The van der Waals surface area contributed by atoms with Gasteiger partial charge in [0.15, 0.2) is 0 Å². The van der Waals surface area contributed by atoms with Gasteiger partial charge in [-0.1, -0.05) is 48.9 Å². The summed E-state index contributed by atoms with van der Waals surface area (Å²) < 4.78 is 13.6. The molecule has 0 fully saturated rings. The van der Waals surface area contributed by atoms with E-state index in [-0.39, 0.29) is 17.5 Å². The van der Waals surface area contributed by atoms with Gasteiger partial charge in [-0.05, 0) is 29.7 Å². The summed E-state index contributed by atoms with van der Waals surface area (Å²) in [5.74, 6) is -0.674. The highest BCUT2D eigenvalue weighted by atomic mass is 35.5. The van der Waals surface area contributed by atoms with Gasteiger partial charge < -0.3 is 5.32 Å². The molecule has 0 bridgehead atoms. The second-order valence-electron chi connectivity index (χ2n) is 4.69. The van der Waals surface area contributed by atoms with Gasteiger partial charge in [0.05, 0.1) is 5.69 Å². The molecule has 20 heavy (non-hydrogen) atoms. The molecule has 0 saturated carbocycles. The third kappa shape index (κ3) is 3.81. The summed E-state index contributed by atoms with van der Waals surface area (Å²) in [5.41, 5.74) is 1.24. The van der Waals surface area contributed by atoms with Crippen LogP contribution in [-0.2, 0) is 4.79 Å². The first-order valence-corrected chi connectivity index (χ1v) is 6.74. The van der Waals surface area contributed by atoms with Crippen LogP contribution in [0.3, 0.4) is 0 Å². The molecule has 0 aliphatic carbocycles. The van der Waals surface area contributed by atoms with Crippen LogP contribution in [0.25, 0.3) is 0 Å². The number of nitrogens with one attached hydrogen (secondary N) is 1. The first-order chi connectivity index (χ1) is 9.56. The van der Waals surface area contributed by atoms with Crippen LogP contribution in [0.4, 0.5) is 10.1 Å². The van der Waals surface area contributed by atoms with Crippen LogP contribution in [0.1, 0.15) is 24.8 Å². The number of hydrogen-bond acceptors (Lipinski definition) is 1. The van der Waals surface area contributed by atoms with Crippen LogP contribution in [0.5, 0.6) is 0 Å². The monoisotopic (exact) mass is 291 g/mol. The minimum atomic E-state index is -0.529. The zero-order valence-electron chi connectivity index (χ0n) is 11.1. The van der Waals surface area contributed by atoms with E-state index in [1.807, 2.05) is 37.3 Å². The Morgan fingerprint density at radius 3 is 2.60 bits per heavy atom. The van der Waals surface area contributed by atoms with Crippen LogP contribution in [-0.4, -0.2) is 5.91 Å². The Morgan fingerprint density at radius 1 is 1.25 bits per heavy atom. The molecule has 104 valence electrons. The topological polar surface area (TPSA) is 29.1 Å². The van der Waals surface area contributed by atoms with Crippen LogP contribution in [0.15, 0.2) is 48.5 Å². The van der Waals surface area contributed by atoms with Crippen molar-refractivity contribution in [3.8, 4) is 0 Å². The van der Waals surface area contributed by atoms with E-state index in [0.717, 1.165) is 5.56 Å². The fourth-order valence-electron chi connectivity index (χ4n) is 1.97. The summed E-state index contributed by atoms with van der Waals surface area (Å²) in [6.45, 7) is 1.97. The molecule has 1 unspecified atom stereocenters. The maximum absolute atomic E-state index is 13.6. The fourth-order valence-corrected chi connectivity index (χ4v) is 2.13. The molecule has 0 aliphatic rings. The number of hydrogen-bond donors (Lipinski definition) is 1. The molecule has 2 nitrogen and oxygen atoms in total. The van der Waals surface area contributed by atoms with Crippen molar-refractivity contribution in [3.63, 3.8) is 0 Å². The molecule has 2 rings (SSSR count). The van der Waals surface area contributed by atoms with Crippen molar-refractivity contribution < 1.29 is 9.18 Å². The minimum Gasteiger partial charge on any atom is -0.324 e. The lowest BCUT2D eigenvalue weighted by Crippen LogP contribution is -2.15. The van der Waals surface area contributed by atoms with Crippen LogP contribution in [0.2, 0.25) is 5.02 Å². The number of halogens is 2. The first kappa shape index (κ1) is 14.5. The number of carbonyl (C=O) groups is 1. The lowest BCUT2D eigenvalue weighted by molar-refractivity contribution is -0.116. The molecule has 0 heterocycles. The minimum absolute atomic E-state index is 0.0755. The maximum Gasteiger partial charge on any atom is 0.225 e. The number of anilines is 1. The van der Waals surface area contributed by atoms with Gasteiger partial charge >= 0.3 is 0 Å². The van der Waals surface area contributed by atoms with E-state index in [0.29, 0.717) is 11.4 Å². The molecule has 1 amide bonds. The highest BCUT2D eigenvalue weighted by Gasteiger charge is 2.12.